The molecule has 1 rings (SSSR count). The van der Waals surface area contributed by atoms with Crippen LogP contribution in [0.15, 0.2) is 34.6 Å². The summed E-state index contributed by atoms with van der Waals surface area (Å²) in [6.45, 7) is 1.40. The number of esters is 1. The minimum Gasteiger partial charge on any atom is -0.463 e. The van der Waals surface area contributed by atoms with Gasteiger partial charge in [0.05, 0.1) is 12.0 Å². The van der Waals surface area contributed by atoms with Gasteiger partial charge >= 0.3 is 10.6 Å². The number of methoxy groups -OCH3 is 1. The number of benzene rings is 1. The molecule has 0 aromatic heterocycles. The maximum absolute atomic E-state index is 11.4. The number of hydrogen-bond acceptors (Lipinski definition) is 6. The Hall–Kier alpha value is -2.22. The number of nitro groups is 1. The fraction of sp³-hybridized carbons (Fsp3) is 0.167. The number of carbonyl (C=O) groups is 2. The van der Waals surface area contributed by atoms with Crippen LogP contribution in [0.25, 0.3) is 0 Å². The number of Topliss-reactive ketones (excluding diaryl/α,β-unsaturated/α-hetero) is 1. The molecule has 0 atom stereocenters. The van der Waals surface area contributed by atoms with Crippen molar-refractivity contribution in [2.45, 2.75) is 6.92 Å². The van der Waals surface area contributed by atoms with Crippen molar-refractivity contribution in [1.29, 1.82) is 0 Å². The number of nitrogens with zero attached hydrogens (tertiary/aromatic N) is 1. The van der Waals surface area contributed by atoms with Crippen molar-refractivity contribution in [3.05, 3.63) is 50.3 Å². The van der Waals surface area contributed by atoms with Crippen LogP contribution in [0.5, 0.6) is 5.75 Å². The molecule has 0 aliphatic heterocycles. The fourth-order valence-electron chi connectivity index (χ4n) is 1.22. The number of halogens is 1. The smallest absolute Gasteiger partial charge is 0.382 e. The lowest BCUT2D eigenvalue weighted by atomic mass is 10.1. The fourth-order valence-corrected chi connectivity index (χ4v) is 1.46. The summed E-state index contributed by atoms with van der Waals surface area (Å²) in [4.78, 5) is 32.4. The summed E-state index contributed by atoms with van der Waals surface area (Å²) in [7, 11) is 1.07. The van der Waals surface area contributed by atoms with E-state index in [0.29, 0.717) is 5.56 Å². The van der Waals surface area contributed by atoms with Gasteiger partial charge in [0.2, 0.25) is 0 Å². The van der Waals surface area contributed by atoms with Crippen LogP contribution < -0.4 is 4.74 Å². The molecule has 8 heteroatoms. The number of hydrogen-bond donors (Lipinski definition) is 0. The van der Waals surface area contributed by atoms with Crippen molar-refractivity contribution in [3.8, 4) is 5.75 Å². The summed E-state index contributed by atoms with van der Waals surface area (Å²) >= 11 is 2.65. The molecule has 0 heterocycles. The van der Waals surface area contributed by atoms with Crippen LogP contribution in [0, 0.1) is 10.1 Å². The molecule has 7 nitrogen and oxygen atoms in total. The van der Waals surface area contributed by atoms with Gasteiger partial charge in [-0.3, -0.25) is 14.9 Å². The first-order valence-electron chi connectivity index (χ1n) is 5.28. The Bertz CT molecular complexity index is 578. The third-order valence-corrected chi connectivity index (χ3v) is 2.85. The molecule has 0 bridgehead atoms. The van der Waals surface area contributed by atoms with Crippen LogP contribution in [0.1, 0.15) is 17.3 Å². The predicted molar refractivity (Wildman–Crippen MR) is 72.0 cm³/mol. The van der Waals surface area contributed by atoms with E-state index in [4.69, 9.17) is 4.74 Å². The normalized spacial score (nSPS) is 11.3. The van der Waals surface area contributed by atoms with Gasteiger partial charge in [0, 0.05) is 21.5 Å². The highest BCUT2D eigenvalue weighted by atomic mass is 79.9. The maximum atomic E-state index is 11.4. The van der Waals surface area contributed by atoms with E-state index in [-0.39, 0.29) is 11.5 Å². The SMILES string of the molecule is COC(=O)C(Oc1ccc(C(C)=O)cc1)=C(Br)[N+](=O)[O-]. The topological polar surface area (TPSA) is 95.7 Å². The molecular weight excluding hydrogens is 334 g/mol. The molecular formula is C12H10BrNO6. The van der Waals surface area contributed by atoms with E-state index in [1.807, 2.05) is 0 Å². The highest BCUT2D eigenvalue weighted by Gasteiger charge is 2.26. The minimum absolute atomic E-state index is 0.133. The highest BCUT2D eigenvalue weighted by molar-refractivity contribution is 9.11. The van der Waals surface area contributed by atoms with E-state index < -0.39 is 21.3 Å². The summed E-state index contributed by atoms with van der Waals surface area (Å²) in [5, 5.41) is 10.7. The highest BCUT2D eigenvalue weighted by Crippen LogP contribution is 2.21. The lowest BCUT2D eigenvalue weighted by Gasteiger charge is -2.07. The Morgan fingerprint density at radius 1 is 1.25 bits per heavy atom. The Balaban J connectivity index is 3.08. The third kappa shape index (κ3) is 3.89. The van der Waals surface area contributed by atoms with E-state index >= 15 is 0 Å². The second kappa shape index (κ2) is 6.80. The number of rotatable bonds is 5. The zero-order chi connectivity index (χ0) is 15.3. The zero-order valence-corrected chi connectivity index (χ0v) is 12.2. The van der Waals surface area contributed by atoms with Crippen molar-refractivity contribution < 1.29 is 24.0 Å². The first kappa shape index (κ1) is 15.8. The van der Waals surface area contributed by atoms with Gasteiger partial charge < -0.3 is 9.47 Å². The summed E-state index contributed by atoms with van der Waals surface area (Å²) in [5.74, 6) is -1.56. The number of carbonyl (C=O) groups excluding carboxylic acids is 2. The van der Waals surface area contributed by atoms with Crippen LogP contribution in [0.3, 0.4) is 0 Å². The lowest BCUT2D eigenvalue weighted by molar-refractivity contribution is -0.411. The van der Waals surface area contributed by atoms with Gasteiger partial charge in [0.1, 0.15) is 5.75 Å². The molecule has 0 aliphatic rings. The van der Waals surface area contributed by atoms with Gasteiger partial charge in [-0.15, -0.1) is 0 Å². The molecule has 0 spiro atoms. The molecule has 0 radical (unpaired) electrons. The van der Waals surface area contributed by atoms with Crippen molar-refractivity contribution in [3.63, 3.8) is 0 Å². The average Bonchev–Trinajstić information content (AvgIpc) is 2.43. The Kier molecular flexibility index (Phi) is 5.39. The molecule has 0 unspecified atom stereocenters. The second-order valence-electron chi connectivity index (χ2n) is 3.55. The summed E-state index contributed by atoms with van der Waals surface area (Å²) in [6.07, 6.45) is 0. The molecule has 0 amide bonds. The second-order valence-corrected chi connectivity index (χ2v) is 4.30. The molecule has 0 N–H and O–H groups in total. The van der Waals surface area contributed by atoms with Crippen molar-refractivity contribution >= 4 is 27.7 Å². The van der Waals surface area contributed by atoms with Crippen LogP contribution >= 0.6 is 15.9 Å². The van der Waals surface area contributed by atoms with Crippen molar-refractivity contribution in [2.75, 3.05) is 7.11 Å². The van der Waals surface area contributed by atoms with E-state index in [9.17, 15) is 19.7 Å². The molecule has 0 saturated carbocycles. The van der Waals surface area contributed by atoms with Crippen LogP contribution in [-0.2, 0) is 9.53 Å². The molecule has 106 valence electrons. The minimum atomic E-state index is -0.996. The summed E-state index contributed by atoms with van der Waals surface area (Å²) in [6, 6.07) is 5.79. The van der Waals surface area contributed by atoms with Crippen molar-refractivity contribution in [2.24, 2.45) is 0 Å². The van der Waals surface area contributed by atoms with Gasteiger partial charge in [0.25, 0.3) is 5.76 Å². The molecule has 1 aromatic rings. The van der Waals surface area contributed by atoms with Gasteiger partial charge in [-0.05, 0) is 31.2 Å². The van der Waals surface area contributed by atoms with Gasteiger partial charge in [-0.1, -0.05) is 0 Å². The lowest BCUT2D eigenvalue weighted by Crippen LogP contribution is -2.15. The standard InChI is InChI=1S/C12H10BrNO6/c1-7(15)8-3-5-9(6-4-8)20-10(12(16)19-2)11(13)14(17)18/h3-6H,1-2H3. The van der Waals surface area contributed by atoms with Gasteiger partial charge in [-0.25, -0.2) is 4.79 Å². The van der Waals surface area contributed by atoms with Gasteiger partial charge in [-0.2, -0.15) is 0 Å². The molecule has 0 aliphatic carbocycles. The average molecular weight is 344 g/mol. The molecule has 0 saturated heterocycles. The molecule has 1 aromatic carbocycles. The Labute approximate surface area is 122 Å². The summed E-state index contributed by atoms with van der Waals surface area (Å²) in [5.41, 5.74) is 0.453. The Morgan fingerprint density at radius 3 is 2.20 bits per heavy atom. The molecule has 0 fully saturated rings. The maximum Gasteiger partial charge on any atom is 0.382 e. The van der Waals surface area contributed by atoms with Crippen LogP contribution in [0.2, 0.25) is 0 Å². The number of ether oxygens (including phenoxy) is 2. The van der Waals surface area contributed by atoms with Crippen molar-refractivity contribution in [1.82, 2.24) is 0 Å². The third-order valence-electron chi connectivity index (χ3n) is 2.20. The first-order chi connectivity index (χ1) is 9.36. The predicted octanol–water partition coefficient (Wildman–Crippen LogP) is 2.28. The van der Waals surface area contributed by atoms with Crippen LogP contribution in [-0.4, -0.2) is 23.8 Å². The summed E-state index contributed by atoms with van der Waals surface area (Å²) < 4.78 is 8.88. The van der Waals surface area contributed by atoms with Crippen LogP contribution in [0.4, 0.5) is 0 Å². The van der Waals surface area contributed by atoms with E-state index in [1.165, 1.54) is 31.2 Å². The van der Waals surface area contributed by atoms with Gasteiger partial charge in [0.15, 0.2) is 5.78 Å². The molecule has 20 heavy (non-hydrogen) atoms. The monoisotopic (exact) mass is 343 g/mol. The Morgan fingerprint density at radius 2 is 1.80 bits per heavy atom. The quantitative estimate of drug-likeness (QED) is 0.155. The number of ketones is 1. The first-order valence-corrected chi connectivity index (χ1v) is 6.07. The van der Waals surface area contributed by atoms with E-state index in [0.717, 1.165) is 7.11 Å². The zero-order valence-electron chi connectivity index (χ0n) is 10.6. The largest absolute Gasteiger partial charge is 0.463 e. The van der Waals surface area contributed by atoms with E-state index in [1.54, 1.807) is 0 Å². The van der Waals surface area contributed by atoms with E-state index in [2.05, 4.69) is 20.7 Å².